The van der Waals surface area contributed by atoms with Crippen molar-refractivity contribution in [2.45, 2.75) is 26.0 Å². The van der Waals surface area contributed by atoms with Crippen LogP contribution in [0.2, 0.25) is 0 Å². The number of rotatable bonds is 7. The maximum absolute atomic E-state index is 12.4. The highest BCUT2D eigenvalue weighted by Gasteiger charge is 2.19. The lowest BCUT2D eigenvalue weighted by molar-refractivity contribution is -0.128. The highest BCUT2D eigenvalue weighted by molar-refractivity contribution is 5.81. The zero-order valence-corrected chi connectivity index (χ0v) is 14.3. The molecule has 2 aromatic rings. The molecule has 0 spiro atoms. The molecule has 0 bridgehead atoms. The number of nitrogens with one attached hydrogen (secondary N) is 1. The Morgan fingerprint density at radius 3 is 2.56 bits per heavy atom. The summed E-state index contributed by atoms with van der Waals surface area (Å²) in [6, 6.07) is 12.8. The summed E-state index contributed by atoms with van der Waals surface area (Å²) < 4.78 is 21.5. The summed E-state index contributed by atoms with van der Waals surface area (Å²) in [7, 11) is 1.61. The molecule has 1 atom stereocenters. The Morgan fingerprint density at radius 1 is 1.12 bits per heavy atom. The second-order valence-electron chi connectivity index (χ2n) is 5.60. The zero-order valence-electron chi connectivity index (χ0n) is 14.3. The number of methoxy groups -OCH3 is 1. The summed E-state index contributed by atoms with van der Waals surface area (Å²) in [5, 5.41) is 2.90. The van der Waals surface area contributed by atoms with Gasteiger partial charge in [-0.05, 0) is 48.4 Å². The molecule has 0 aliphatic carbocycles. The van der Waals surface area contributed by atoms with Crippen molar-refractivity contribution >= 4 is 5.91 Å². The first-order valence-corrected chi connectivity index (χ1v) is 8.16. The van der Waals surface area contributed by atoms with Gasteiger partial charge >= 0.3 is 0 Å². The van der Waals surface area contributed by atoms with Crippen LogP contribution < -0.4 is 24.3 Å². The van der Waals surface area contributed by atoms with Crippen LogP contribution in [0.5, 0.6) is 23.0 Å². The number of ether oxygens (including phenoxy) is 4. The molecule has 2 aromatic carbocycles. The second-order valence-corrected chi connectivity index (χ2v) is 5.60. The number of hydrogen-bond acceptors (Lipinski definition) is 5. The first kappa shape index (κ1) is 17.0. The third-order valence-electron chi connectivity index (χ3n) is 3.90. The van der Waals surface area contributed by atoms with Gasteiger partial charge in [0, 0.05) is 6.54 Å². The number of carbonyl (C=O) groups is 1. The van der Waals surface area contributed by atoms with E-state index in [1.165, 1.54) is 0 Å². The van der Waals surface area contributed by atoms with E-state index in [2.05, 4.69) is 5.32 Å². The predicted molar refractivity (Wildman–Crippen MR) is 92.1 cm³/mol. The van der Waals surface area contributed by atoms with Gasteiger partial charge in [0.25, 0.3) is 5.91 Å². The van der Waals surface area contributed by atoms with Crippen LogP contribution in [-0.2, 0) is 11.3 Å². The maximum Gasteiger partial charge on any atom is 0.261 e. The molecule has 3 rings (SSSR count). The molecular weight excluding hydrogens is 322 g/mol. The molecule has 6 nitrogen and oxygen atoms in total. The second kappa shape index (κ2) is 7.79. The van der Waals surface area contributed by atoms with E-state index in [4.69, 9.17) is 18.9 Å². The molecule has 132 valence electrons. The molecule has 1 aliphatic heterocycles. The van der Waals surface area contributed by atoms with Crippen molar-refractivity contribution in [3.05, 3.63) is 48.0 Å². The summed E-state index contributed by atoms with van der Waals surface area (Å²) in [4.78, 5) is 12.4. The summed E-state index contributed by atoms with van der Waals surface area (Å²) in [6.45, 7) is 2.55. The Labute approximate surface area is 146 Å². The highest BCUT2D eigenvalue weighted by atomic mass is 16.7. The van der Waals surface area contributed by atoms with E-state index in [9.17, 15) is 4.79 Å². The number of carbonyl (C=O) groups excluding carboxylic acids is 1. The van der Waals surface area contributed by atoms with Gasteiger partial charge in [0.05, 0.1) is 7.11 Å². The normalized spacial score (nSPS) is 13.2. The Morgan fingerprint density at radius 2 is 1.84 bits per heavy atom. The van der Waals surface area contributed by atoms with Crippen LogP contribution in [-0.4, -0.2) is 25.9 Å². The van der Waals surface area contributed by atoms with E-state index in [0.29, 0.717) is 24.5 Å². The van der Waals surface area contributed by atoms with Gasteiger partial charge < -0.3 is 24.3 Å². The first-order valence-electron chi connectivity index (χ1n) is 8.16. The van der Waals surface area contributed by atoms with Crippen LogP contribution in [0.4, 0.5) is 0 Å². The lowest BCUT2D eigenvalue weighted by Gasteiger charge is -2.17. The van der Waals surface area contributed by atoms with Crippen molar-refractivity contribution in [2.24, 2.45) is 0 Å². The minimum absolute atomic E-state index is 0.156. The third-order valence-corrected chi connectivity index (χ3v) is 3.90. The van der Waals surface area contributed by atoms with E-state index < -0.39 is 6.10 Å². The van der Waals surface area contributed by atoms with E-state index in [0.717, 1.165) is 17.1 Å². The summed E-state index contributed by atoms with van der Waals surface area (Å²) in [6.07, 6.45) is 0.0151. The monoisotopic (exact) mass is 343 g/mol. The van der Waals surface area contributed by atoms with Crippen molar-refractivity contribution in [3.63, 3.8) is 0 Å². The quantitative estimate of drug-likeness (QED) is 0.837. The molecule has 1 N–H and O–H groups in total. The molecule has 25 heavy (non-hydrogen) atoms. The van der Waals surface area contributed by atoms with Gasteiger partial charge in [-0.25, -0.2) is 0 Å². The minimum Gasteiger partial charge on any atom is -0.497 e. The summed E-state index contributed by atoms with van der Waals surface area (Å²) in [5.74, 6) is 2.65. The number of hydrogen-bond donors (Lipinski definition) is 1. The molecule has 0 saturated heterocycles. The standard InChI is InChI=1S/C19H21NO5/c1-3-16(25-15-7-5-14(22-2)6-8-15)19(21)20-11-13-4-9-17-18(10-13)24-12-23-17/h4-10,16H,3,11-12H2,1-2H3,(H,20,21)/t16-/m0/s1. The zero-order chi connectivity index (χ0) is 17.6. The molecule has 1 amide bonds. The predicted octanol–water partition coefficient (Wildman–Crippen LogP) is 2.90. The fourth-order valence-corrected chi connectivity index (χ4v) is 2.49. The van der Waals surface area contributed by atoms with Crippen LogP contribution in [0, 0.1) is 0 Å². The third kappa shape index (κ3) is 4.15. The smallest absolute Gasteiger partial charge is 0.261 e. The van der Waals surface area contributed by atoms with Gasteiger partial charge in [-0.15, -0.1) is 0 Å². The molecule has 1 heterocycles. The molecular formula is C19H21NO5. The Hall–Kier alpha value is -2.89. The van der Waals surface area contributed by atoms with Crippen molar-refractivity contribution < 1.29 is 23.7 Å². The topological polar surface area (TPSA) is 66.0 Å². The average Bonchev–Trinajstić information content (AvgIpc) is 3.12. The fraction of sp³-hybridized carbons (Fsp3) is 0.316. The molecule has 6 heteroatoms. The van der Waals surface area contributed by atoms with Crippen molar-refractivity contribution in [1.29, 1.82) is 0 Å². The van der Waals surface area contributed by atoms with Crippen LogP contribution in [0.3, 0.4) is 0 Å². The molecule has 0 unspecified atom stereocenters. The van der Waals surface area contributed by atoms with Crippen molar-refractivity contribution in [2.75, 3.05) is 13.9 Å². The molecule has 0 saturated carbocycles. The Bertz CT molecular complexity index is 729. The largest absolute Gasteiger partial charge is 0.497 e. The lowest BCUT2D eigenvalue weighted by atomic mass is 10.2. The Balaban J connectivity index is 1.56. The fourth-order valence-electron chi connectivity index (χ4n) is 2.49. The van der Waals surface area contributed by atoms with E-state index in [1.54, 1.807) is 31.4 Å². The minimum atomic E-state index is -0.553. The Kier molecular flexibility index (Phi) is 5.28. The van der Waals surface area contributed by atoms with Gasteiger partial charge in [0.15, 0.2) is 17.6 Å². The van der Waals surface area contributed by atoms with Crippen LogP contribution in [0.1, 0.15) is 18.9 Å². The van der Waals surface area contributed by atoms with Gasteiger partial charge in [0.1, 0.15) is 11.5 Å². The lowest BCUT2D eigenvalue weighted by Crippen LogP contribution is -2.37. The van der Waals surface area contributed by atoms with Gasteiger partial charge in [-0.2, -0.15) is 0 Å². The maximum atomic E-state index is 12.4. The van der Waals surface area contributed by atoms with E-state index in [1.807, 2.05) is 25.1 Å². The van der Waals surface area contributed by atoms with Gasteiger partial charge in [-0.3, -0.25) is 4.79 Å². The number of amides is 1. The van der Waals surface area contributed by atoms with Crippen molar-refractivity contribution in [1.82, 2.24) is 5.32 Å². The average molecular weight is 343 g/mol. The first-order chi connectivity index (χ1) is 12.2. The van der Waals surface area contributed by atoms with E-state index in [-0.39, 0.29) is 12.7 Å². The van der Waals surface area contributed by atoms with Gasteiger partial charge in [-0.1, -0.05) is 13.0 Å². The summed E-state index contributed by atoms with van der Waals surface area (Å²) >= 11 is 0. The van der Waals surface area contributed by atoms with E-state index >= 15 is 0 Å². The SMILES string of the molecule is CC[C@H](Oc1ccc(OC)cc1)C(=O)NCc1ccc2c(c1)OCO2. The molecule has 0 fully saturated rings. The number of fused-ring (bicyclic) bond motifs is 1. The molecule has 1 aliphatic rings. The van der Waals surface area contributed by atoms with Crippen LogP contribution in [0.25, 0.3) is 0 Å². The molecule has 0 radical (unpaired) electrons. The summed E-state index contributed by atoms with van der Waals surface area (Å²) in [5.41, 5.74) is 0.942. The van der Waals surface area contributed by atoms with Crippen LogP contribution >= 0.6 is 0 Å². The highest BCUT2D eigenvalue weighted by Crippen LogP contribution is 2.32. The molecule has 0 aromatic heterocycles. The van der Waals surface area contributed by atoms with Gasteiger partial charge in [0.2, 0.25) is 6.79 Å². The number of benzene rings is 2. The van der Waals surface area contributed by atoms with Crippen molar-refractivity contribution in [3.8, 4) is 23.0 Å². The van der Waals surface area contributed by atoms with Crippen LogP contribution in [0.15, 0.2) is 42.5 Å².